The number of amides is 2. The second kappa shape index (κ2) is 9.95. The average Bonchev–Trinajstić information content (AvgIpc) is 3.24. The first-order valence-corrected chi connectivity index (χ1v) is 13.0. The van der Waals surface area contributed by atoms with Gasteiger partial charge in [0.05, 0.1) is 17.3 Å². The van der Waals surface area contributed by atoms with Crippen molar-refractivity contribution in [2.24, 2.45) is 9.98 Å². The second-order valence-electron chi connectivity index (χ2n) is 11.1. The van der Waals surface area contributed by atoms with Crippen LogP contribution in [0.2, 0.25) is 0 Å². The van der Waals surface area contributed by atoms with E-state index in [0.717, 1.165) is 54.4 Å². The lowest BCUT2D eigenvalue weighted by Gasteiger charge is -2.38. The zero-order valence-electron chi connectivity index (χ0n) is 22.1. The third kappa shape index (κ3) is 5.50. The number of aryl methyl sites for hydroxylation is 1. The number of nitrogens with zero attached hydrogens (tertiary/aromatic N) is 5. The van der Waals surface area contributed by atoms with Crippen molar-refractivity contribution in [3.8, 4) is 0 Å². The first kappa shape index (κ1) is 24.9. The van der Waals surface area contributed by atoms with Crippen LogP contribution in [-0.4, -0.2) is 57.7 Å². The Hall–Kier alpha value is -3.75. The zero-order chi connectivity index (χ0) is 26.2. The Morgan fingerprint density at radius 2 is 2.03 bits per heavy atom. The summed E-state index contributed by atoms with van der Waals surface area (Å²) in [7, 11) is 0. The number of hydrogen-bond acceptors (Lipinski definition) is 6. The van der Waals surface area contributed by atoms with Gasteiger partial charge in [-0.15, -0.1) is 0 Å². The highest BCUT2D eigenvalue weighted by Crippen LogP contribution is 2.32. The van der Waals surface area contributed by atoms with Gasteiger partial charge in [0.15, 0.2) is 0 Å². The van der Waals surface area contributed by atoms with E-state index < -0.39 is 0 Å². The van der Waals surface area contributed by atoms with E-state index in [9.17, 15) is 4.79 Å². The molecule has 2 atom stereocenters. The topological polar surface area (TPSA) is 111 Å². The van der Waals surface area contributed by atoms with Crippen molar-refractivity contribution in [2.45, 2.75) is 70.9 Å². The number of piperidine rings is 1. The van der Waals surface area contributed by atoms with Crippen LogP contribution < -0.4 is 10.6 Å². The molecule has 2 aliphatic heterocycles. The van der Waals surface area contributed by atoms with Crippen LogP contribution in [0, 0.1) is 12.3 Å². The van der Waals surface area contributed by atoms with Gasteiger partial charge in [-0.1, -0.05) is 18.2 Å². The molecule has 0 spiro atoms. The number of amidine groups is 1. The summed E-state index contributed by atoms with van der Waals surface area (Å²) in [6.45, 7) is 9.92. The van der Waals surface area contributed by atoms with E-state index in [1.165, 1.54) is 5.56 Å². The molecule has 5 rings (SSSR count). The summed E-state index contributed by atoms with van der Waals surface area (Å²) in [5, 5.41) is 18.5. The van der Waals surface area contributed by atoms with Crippen LogP contribution in [0.3, 0.4) is 0 Å². The lowest BCUT2D eigenvalue weighted by atomic mass is 9.87. The van der Waals surface area contributed by atoms with Gasteiger partial charge in [0.1, 0.15) is 18.0 Å². The standard InChI is InChI=1S/C28H36N8O/c1-18-13-25(36(34-18)28(2,3)4)33-27(37)32-22-9-5-7-19(14-22)20-8-6-12-35(16-20)26-23-11-10-21(29)15-24(23)30-17-31-26/h5,7,9,11,13-14,17,20,24,29H,6,8,10,12,15-16H2,1-4H3,(H2,32,33,37). The molecule has 2 amide bonds. The largest absolute Gasteiger partial charge is 0.356 e. The van der Waals surface area contributed by atoms with E-state index in [0.29, 0.717) is 24.6 Å². The summed E-state index contributed by atoms with van der Waals surface area (Å²) in [4.78, 5) is 24.4. The molecule has 3 heterocycles. The molecule has 9 heteroatoms. The minimum Gasteiger partial charge on any atom is -0.356 e. The Bertz CT molecular complexity index is 1300. The van der Waals surface area contributed by atoms with Gasteiger partial charge in [0.2, 0.25) is 0 Å². The van der Waals surface area contributed by atoms with E-state index in [4.69, 9.17) is 5.41 Å². The lowest BCUT2D eigenvalue weighted by Crippen LogP contribution is -2.43. The molecule has 3 aliphatic rings. The third-order valence-corrected chi connectivity index (χ3v) is 7.10. The highest BCUT2D eigenvalue weighted by molar-refractivity contribution is 6.07. The van der Waals surface area contributed by atoms with Crippen LogP contribution in [0.25, 0.3) is 0 Å². The molecule has 37 heavy (non-hydrogen) atoms. The van der Waals surface area contributed by atoms with Crippen LogP contribution >= 0.6 is 0 Å². The number of rotatable bonds is 3. The lowest BCUT2D eigenvalue weighted by molar-refractivity contribution is 0.261. The van der Waals surface area contributed by atoms with Crippen molar-refractivity contribution in [3.05, 3.63) is 53.2 Å². The van der Waals surface area contributed by atoms with Crippen LogP contribution in [0.1, 0.15) is 63.6 Å². The number of benzene rings is 1. The molecule has 2 unspecified atom stereocenters. The summed E-state index contributed by atoms with van der Waals surface area (Å²) < 4.78 is 1.84. The minimum atomic E-state index is -0.287. The van der Waals surface area contributed by atoms with Crippen molar-refractivity contribution in [1.29, 1.82) is 5.41 Å². The summed E-state index contributed by atoms with van der Waals surface area (Å²) in [5.41, 5.74) is 4.48. The molecular weight excluding hydrogens is 464 g/mol. The van der Waals surface area contributed by atoms with Gasteiger partial charge in [-0.3, -0.25) is 10.3 Å². The molecule has 1 aromatic carbocycles. The summed E-state index contributed by atoms with van der Waals surface area (Å²) in [6.07, 6.45) is 7.32. The Morgan fingerprint density at radius 1 is 1.19 bits per heavy atom. The number of aromatic nitrogens is 2. The van der Waals surface area contributed by atoms with Gasteiger partial charge in [-0.05, 0) is 58.2 Å². The van der Waals surface area contributed by atoms with Crippen molar-refractivity contribution < 1.29 is 4.79 Å². The Balaban J connectivity index is 1.27. The van der Waals surface area contributed by atoms with Crippen LogP contribution in [0.15, 0.2) is 52.0 Å². The van der Waals surface area contributed by atoms with Crippen molar-refractivity contribution in [2.75, 3.05) is 23.7 Å². The van der Waals surface area contributed by atoms with Gasteiger partial charge in [-0.25, -0.2) is 14.5 Å². The van der Waals surface area contributed by atoms with Crippen molar-refractivity contribution in [3.63, 3.8) is 0 Å². The number of likely N-dealkylation sites (tertiary alicyclic amines) is 1. The molecule has 194 valence electrons. The van der Waals surface area contributed by atoms with Crippen molar-refractivity contribution in [1.82, 2.24) is 14.7 Å². The molecule has 1 aromatic heterocycles. The summed E-state index contributed by atoms with van der Waals surface area (Å²) in [5.74, 6) is 2.02. The maximum atomic E-state index is 12.9. The van der Waals surface area contributed by atoms with Crippen LogP contribution in [0.5, 0.6) is 0 Å². The number of anilines is 2. The van der Waals surface area contributed by atoms with Gasteiger partial charge in [0, 0.05) is 54.9 Å². The maximum absolute atomic E-state index is 12.9. The predicted molar refractivity (Wildman–Crippen MR) is 149 cm³/mol. The maximum Gasteiger partial charge on any atom is 0.324 e. The number of fused-ring (bicyclic) bond motifs is 1. The first-order chi connectivity index (χ1) is 17.7. The summed E-state index contributed by atoms with van der Waals surface area (Å²) in [6, 6.07) is 9.76. The van der Waals surface area contributed by atoms with E-state index in [1.807, 2.05) is 29.8 Å². The van der Waals surface area contributed by atoms with E-state index in [2.05, 4.69) is 69.6 Å². The molecule has 9 nitrogen and oxygen atoms in total. The number of nitrogens with one attached hydrogen (secondary N) is 3. The highest BCUT2D eigenvalue weighted by Gasteiger charge is 2.31. The Labute approximate surface area is 218 Å². The molecule has 0 radical (unpaired) electrons. The first-order valence-electron chi connectivity index (χ1n) is 13.0. The molecular formula is C28H36N8O. The van der Waals surface area contributed by atoms with Crippen LogP contribution in [0.4, 0.5) is 16.3 Å². The molecule has 0 bridgehead atoms. The molecule has 1 aliphatic carbocycles. The fourth-order valence-corrected chi connectivity index (χ4v) is 5.37. The van der Waals surface area contributed by atoms with Gasteiger partial charge < -0.3 is 15.6 Å². The quantitative estimate of drug-likeness (QED) is 0.530. The number of urea groups is 1. The molecule has 3 N–H and O–H groups in total. The summed E-state index contributed by atoms with van der Waals surface area (Å²) >= 11 is 0. The Kier molecular flexibility index (Phi) is 6.70. The highest BCUT2D eigenvalue weighted by atomic mass is 16.2. The normalized spacial score (nSPS) is 21.7. The molecule has 1 saturated heterocycles. The van der Waals surface area contributed by atoms with E-state index in [1.54, 1.807) is 6.34 Å². The number of allylic oxidation sites excluding steroid dienone is 1. The Morgan fingerprint density at radius 3 is 2.84 bits per heavy atom. The SMILES string of the molecule is Cc1cc(NC(=O)Nc2cccc(C3CCCN(C4=NC=NC5CC(=N)CC=C45)C3)c2)n(C(C)(C)C)n1. The number of carbonyl (C=O) groups is 1. The molecule has 2 aromatic rings. The predicted octanol–water partition coefficient (Wildman–Crippen LogP) is 5.32. The van der Waals surface area contributed by atoms with Gasteiger partial charge in [0.25, 0.3) is 0 Å². The van der Waals surface area contributed by atoms with Crippen molar-refractivity contribution >= 4 is 35.4 Å². The van der Waals surface area contributed by atoms with E-state index >= 15 is 0 Å². The number of carbonyl (C=O) groups excluding carboxylic acids is 1. The molecule has 1 fully saturated rings. The van der Waals surface area contributed by atoms with Gasteiger partial charge in [-0.2, -0.15) is 5.10 Å². The fourth-order valence-electron chi connectivity index (χ4n) is 5.37. The smallest absolute Gasteiger partial charge is 0.324 e. The van der Waals surface area contributed by atoms with Gasteiger partial charge >= 0.3 is 6.03 Å². The monoisotopic (exact) mass is 500 g/mol. The average molecular weight is 501 g/mol. The van der Waals surface area contributed by atoms with Crippen LogP contribution in [-0.2, 0) is 5.54 Å². The minimum absolute atomic E-state index is 0.0264. The number of aliphatic imine (C=N–C) groups is 2. The number of hydrogen-bond donors (Lipinski definition) is 3. The second-order valence-corrected chi connectivity index (χ2v) is 11.1. The third-order valence-electron chi connectivity index (χ3n) is 7.10. The fraction of sp³-hybridized carbons (Fsp3) is 0.464. The molecule has 0 saturated carbocycles. The zero-order valence-corrected chi connectivity index (χ0v) is 22.1. The van der Waals surface area contributed by atoms with E-state index in [-0.39, 0.29) is 17.6 Å².